The van der Waals surface area contributed by atoms with E-state index in [9.17, 15) is 9.59 Å². The largest absolute Gasteiger partial charge is 0.343 e. The van der Waals surface area contributed by atoms with Crippen LogP contribution in [0.1, 0.15) is 45.6 Å². The second kappa shape index (κ2) is 8.14. The summed E-state index contributed by atoms with van der Waals surface area (Å²) >= 11 is 0. The highest BCUT2D eigenvalue weighted by Gasteiger charge is 2.36. The van der Waals surface area contributed by atoms with E-state index < -0.39 is 0 Å². The van der Waals surface area contributed by atoms with Crippen LogP contribution < -0.4 is 4.90 Å². The first-order valence-corrected chi connectivity index (χ1v) is 8.78. The van der Waals surface area contributed by atoms with E-state index in [0.717, 1.165) is 31.5 Å². The lowest BCUT2D eigenvalue weighted by Gasteiger charge is -2.24. The van der Waals surface area contributed by atoms with Crippen LogP contribution in [0.15, 0.2) is 24.3 Å². The van der Waals surface area contributed by atoms with Gasteiger partial charge in [-0.15, -0.1) is 0 Å². The summed E-state index contributed by atoms with van der Waals surface area (Å²) in [5, 5.41) is 0. The lowest BCUT2D eigenvalue weighted by molar-refractivity contribution is -0.135. The third-order valence-corrected chi connectivity index (χ3v) is 4.61. The smallest absolute Gasteiger partial charge is 0.228 e. The summed E-state index contributed by atoms with van der Waals surface area (Å²) in [6.45, 7) is 8.26. The number of hydrogen-bond donors (Lipinski definition) is 0. The summed E-state index contributed by atoms with van der Waals surface area (Å²) in [4.78, 5) is 28.6. The van der Waals surface area contributed by atoms with Crippen molar-refractivity contribution < 1.29 is 9.59 Å². The van der Waals surface area contributed by atoms with Crippen LogP contribution in [0, 0.1) is 5.92 Å². The molecule has 1 aliphatic heterocycles. The van der Waals surface area contributed by atoms with Crippen molar-refractivity contribution in [2.24, 2.45) is 5.92 Å². The average molecular weight is 316 g/mol. The Labute approximate surface area is 139 Å². The zero-order valence-corrected chi connectivity index (χ0v) is 14.5. The van der Waals surface area contributed by atoms with Crippen molar-refractivity contribution in [1.82, 2.24) is 4.90 Å². The molecule has 1 heterocycles. The number of amides is 2. The molecule has 1 saturated heterocycles. The molecule has 4 nitrogen and oxygen atoms in total. The SMILES string of the molecule is CCCCN(CC)C(=O)C1CC(=O)N(c2ccc(CC)cc2)C1. The van der Waals surface area contributed by atoms with E-state index in [-0.39, 0.29) is 17.7 Å². The van der Waals surface area contributed by atoms with Gasteiger partial charge in [0.1, 0.15) is 0 Å². The van der Waals surface area contributed by atoms with Crippen molar-refractivity contribution in [2.75, 3.05) is 24.5 Å². The standard InChI is InChI=1S/C19H28N2O2/c1-4-7-12-20(6-3)19(23)16-13-18(22)21(14-16)17-10-8-15(5-2)9-11-17/h8-11,16H,4-7,12-14H2,1-3H3. The fourth-order valence-electron chi connectivity index (χ4n) is 3.07. The Morgan fingerprint density at radius 3 is 2.48 bits per heavy atom. The minimum absolute atomic E-state index is 0.0548. The van der Waals surface area contributed by atoms with Gasteiger partial charge in [-0.05, 0) is 37.5 Å². The summed E-state index contributed by atoms with van der Waals surface area (Å²) in [6.07, 6.45) is 3.40. The highest BCUT2D eigenvalue weighted by atomic mass is 16.2. The van der Waals surface area contributed by atoms with Crippen LogP contribution in [0.3, 0.4) is 0 Å². The van der Waals surface area contributed by atoms with E-state index in [1.807, 2.05) is 24.0 Å². The summed E-state index contributed by atoms with van der Waals surface area (Å²) in [5.74, 6) is -0.0220. The molecule has 1 unspecified atom stereocenters. The Kier molecular flexibility index (Phi) is 6.20. The van der Waals surface area contributed by atoms with Gasteiger partial charge in [-0.3, -0.25) is 9.59 Å². The van der Waals surface area contributed by atoms with Crippen molar-refractivity contribution in [3.63, 3.8) is 0 Å². The molecule has 23 heavy (non-hydrogen) atoms. The van der Waals surface area contributed by atoms with E-state index >= 15 is 0 Å². The fourth-order valence-corrected chi connectivity index (χ4v) is 3.07. The van der Waals surface area contributed by atoms with Crippen molar-refractivity contribution in [3.8, 4) is 0 Å². The summed E-state index contributed by atoms with van der Waals surface area (Å²) < 4.78 is 0. The van der Waals surface area contributed by atoms with Crippen LogP contribution in [0.5, 0.6) is 0 Å². The number of unbranched alkanes of at least 4 members (excludes halogenated alkanes) is 1. The molecule has 2 rings (SSSR count). The number of carbonyl (C=O) groups excluding carboxylic acids is 2. The number of nitrogens with zero attached hydrogens (tertiary/aromatic N) is 2. The van der Waals surface area contributed by atoms with Crippen LogP contribution in [0.25, 0.3) is 0 Å². The molecule has 0 bridgehead atoms. The molecular weight excluding hydrogens is 288 g/mol. The monoisotopic (exact) mass is 316 g/mol. The number of rotatable bonds is 7. The zero-order valence-electron chi connectivity index (χ0n) is 14.5. The molecule has 1 aromatic carbocycles. The molecule has 126 valence electrons. The Bertz CT molecular complexity index is 539. The molecule has 0 spiro atoms. The normalized spacial score (nSPS) is 17.6. The first kappa shape index (κ1) is 17.5. The molecular formula is C19H28N2O2. The number of aryl methyl sites for hydroxylation is 1. The Morgan fingerprint density at radius 1 is 1.22 bits per heavy atom. The molecule has 0 radical (unpaired) electrons. The average Bonchev–Trinajstić information content (AvgIpc) is 2.97. The summed E-state index contributed by atoms with van der Waals surface area (Å²) in [5.41, 5.74) is 2.16. The molecule has 0 aromatic heterocycles. The molecule has 1 aliphatic rings. The third-order valence-electron chi connectivity index (χ3n) is 4.61. The quantitative estimate of drug-likeness (QED) is 0.775. The molecule has 0 N–H and O–H groups in total. The fraction of sp³-hybridized carbons (Fsp3) is 0.579. The first-order chi connectivity index (χ1) is 11.1. The Balaban J connectivity index is 2.04. The van der Waals surface area contributed by atoms with Gasteiger partial charge in [-0.1, -0.05) is 32.4 Å². The molecule has 4 heteroatoms. The van der Waals surface area contributed by atoms with Gasteiger partial charge in [-0.25, -0.2) is 0 Å². The number of benzene rings is 1. The summed E-state index contributed by atoms with van der Waals surface area (Å²) in [7, 11) is 0. The van der Waals surface area contributed by atoms with E-state index in [2.05, 4.69) is 26.0 Å². The second-order valence-electron chi connectivity index (χ2n) is 6.20. The zero-order chi connectivity index (χ0) is 16.8. The number of hydrogen-bond acceptors (Lipinski definition) is 2. The van der Waals surface area contributed by atoms with Gasteiger partial charge in [0.2, 0.25) is 11.8 Å². The maximum absolute atomic E-state index is 12.7. The maximum atomic E-state index is 12.7. The highest BCUT2D eigenvalue weighted by Crippen LogP contribution is 2.26. The van der Waals surface area contributed by atoms with E-state index in [0.29, 0.717) is 19.5 Å². The van der Waals surface area contributed by atoms with Gasteiger partial charge in [-0.2, -0.15) is 0 Å². The van der Waals surface area contributed by atoms with E-state index in [4.69, 9.17) is 0 Å². The molecule has 1 atom stereocenters. The highest BCUT2D eigenvalue weighted by molar-refractivity contribution is 6.00. The lowest BCUT2D eigenvalue weighted by atomic mass is 10.1. The second-order valence-corrected chi connectivity index (χ2v) is 6.20. The topological polar surface area (TPSA) is 40.6 Å². The van der Waals surface area contributed by atoms with Gasteiger partial charge in [0.05, 0.1) is 5.92 Å². The van der Waals surface area contributed by atoms with Gasteiger partial charge in [0.15, 0.2) is 0 Å². The lowest BCUT2D eigenvalue weighted by Crippen LogP contribution is -2.38. The molecule has 1 fully saturated rings. The van der Waals surface area contributed by atoms with Crippen molar-refractivity contribution in [1.29, 1.82) is 0 Å². The predicted octanol–water partition coefficient (Wildman–Crippen LogP) is 3.25. The number of anilines is 1. The molecule has 0 saturated carbocycles. The van der Waals surface area contributed by atoms with Crippen molar-refractivity contribution >= 4 is 17.5 Å². The number of carbonyl (C=O) groups is 2. The minimum atomic E-state index is -0.204. The van der Waals surface area contributed by atoms with Gasteiger partial charge < -0.3 is 9.80 Å². The predicted molar refractivity (Wildman–Crippen MR) is 93.4 cm³/mol. The van der Waals surface area contributed by atoms with Gasteiger partial charge in [0, 0.05) is 31.7 Å². The van der Waals surface area contributed by atoms with Crippen LogP contribution >= 0.6 is 0 Å². The van der Waals surface area contributed by atoms with E-state index in [1.165, 1.54) is 5.56 Å². The van der Waals surface area contributed by atoms with Crippen molar-refractivity contribution in [3.05, 3.63) is 29.8 Å². The van der Waals surface area contributed by atoms with Crippen LogP contribution in [-0.2, 0) is 16.0 Å². The van der Waals surface area contributed by atoms with Crippen LogP contribution in [-0.4, -0.2) is 36.3 Å². The van der Waals surface area contributed by atoms with Gasteiger partial charge >= 0.3 is 0 Å². The van der Waals surface area contributed by atoms with Crippen molar-refractivity contribution in [2.45, 2.75) is 46.5 Å². The van der Waals surface area contributed by atoms with E-state index in [1.54, 1.807) is 4.90 Å². The molecule has 2 amide bonds. The third kappa shape index (κ3) is 4.12. The molecule has 1 aromatic rings. The van der Waals surface area contributed by atoms with Crippen LogP contribution in [0.2, 0.25) is 0 Å². The maximum Gasteiger partial charge on any atom is 0.228 e. The molecule has 0 aliphatic carbocycles. The van der Waals surface area contributed by atoms with Gasteiger partial charge in [0.25, 0.3) is 0 Å². The first-order valence-electron chi connectivity index (χ1n) is 8.78. The summed E-state index contributed by atoms with van der Waals surface area (Å²) in [6, 6.07) is 8.07. The van der Waals surface area contributed by atoms with Crippen LogP contribution in [0.4, 0.5) is 5.69 Å². The Morgan fingerprint density at radius 2 is 1.91 bits per heavy atom. The minimum Gasteiger partial charge on any atom is -0.343 e. The Hall–Kier alpha value is -1.84.